The van der Waals surface area contributed by atoms with E-state index in [4.69, 9.17) is 0 Å². The van der Waals surface area contributed by atoms with Crippen LogP contribution in [0, 0.1) is 19.8 Å². The number of aryl methyl sites for hydroxylation is 2. The van der Waals surface area contributed by atoms with Gasteiger partial charge in [0.2, 0.25) is 11.8 Å². The van der Waals surface area contributed by atoms with Gasteiger partial charge in [0.15, 0.2) is 0 Å². The van der Waals surface area contributed by atoms with Crippen molar-refractivity contribution in [2.75, 3.05) is 4.90 Å². The number of carbonyl (C=O) groups is 2. The largest absolute Gasteiger partial charge is 0.351 e. The lowest BCUT2D eigenvalue weighted by Gasteiger charge is -2.27. The molecule has 2 unspecified atom stereocenters. The van der Waals surface area contributed by atoms with Crippen molar-refractivity contribution in [2.24, 2.45) is 5.92 Å². The van der Waals surface area contributed by atoms with Crippen LogP contribution in [0.15, 0.2) is 47.3 Å². The maximum Gasteiger partial charge on any atom is 0.228 e. The van der Waals surface area contributed by atoms with Gasteiger partial charge in [0.1, 0.15) is 0 Å². The molecule has 1 aliphatic rings. The van der Waals surface area contributed by atoms with E-state index in [2.05, 4.69) is 10.3 Å². The number of thiophene rings is 1. The van der Waals surface area contributed by atoms with Crippen LogP contribution < -0.4 is 10.2 Å². The van der Waals surface area contributed by atoms with E-state index in [1.165, 1.54) is 11.3 Å². The van der Waals surface area contributed by atoms with E-state index in [0.717, 1.165) is 26.7 Å². The van der Waals surface area contributed by atoms with Crippen molar-refractivity contribution >= 4 is 40.2 Å². The van der Waals surface area contributed by atoms with E-state index in [1.54, 1.807) is 21.7 Å². The minimum absolute atomic E-state index is 0.0172. The highest BCUT2D eigenvalue weighted by Crippen LogP contribution is 2.43. The number of hydrogen-bond acceptors (Lipinski definition) is 5. The van der Waals surface area contributed by atoms with Gasteiger partial charge in [-0.25, -0.2) is 4.98 Å². The monoisotopic (exact) mass is 411 g/mol. The van der Waals surface area contributed by atoms with Gasteiger partial charge in [-0.2, -0.15) is 0 Å². The normalized spacial score (nSPS) is 19.2. The lowest BCUT2D eigenvalue weighted by molar-refractivity contribution is -0.126. The van der Waals surface area contributed by atoms with Crippen molar-refractivity contribution in [3.8, 4) is 0 Å². The first-order valence-corrected chi connectivity index (χ1v) is 10.9. The topological polar surface area (TPSA) is 62.3 Å². The van der Waals surface area contributed by atoms with E-state index in [0.29, 0.717) is 6.54 Å². The molecule has 0 bridgehead atoms. The molecular weight excluding hydrogens is 390 g/mol. The molecule has 2 amide bonds. The van der Waals surface area contributed by atoms with E-state index >= 15 is 0 Å². The van der Waals surface area contributed by atoms with Gasteiger partial charge in [-0.1, -0.05) is 23.8 Å². The smallest absolute Gasteiger partial charge is 0.228 e. The standard InChI is InChI=1S/C21H21N3O2S2/c1-13-5-7-15(8-6-13)24-19(25)10-16(20(24)17-4-3-9-27-17)21(26)22-11-18-14(2)23-12-28-18/h3-9,12,16,20H,10-11H2,1-2H3,(H,22,26). The molecule has 1 aromatic carbocycles. The number of benzene rings is 1. The van der Waals surface area contributed by atoms with Crippen molar-refractivity contribution in [2.45, 2.75) is 32.9 Å². The Bertz CT molecular complexity index is 980. The predicted octanol–water partition coefficient (Wildman–Crippen LogP) is 4.23. The predicted molar refractivity (Wildman–Crippen MR) is 113 cm³/mol. The van der Waals surface area contributed by atoms with Crippen LogP contribution in [0.25, 0.3) is 0 Å². The van der Waals surface area contributed by atoms with Gasteiger partial charge in [0, 0.05) is 21.9 Å². The SMILES string of the molecule is Cc1ccc(N2C(=O)CC(C(=O)NCc3scnc3C)C2c2cccs2)cc1. The van der Waals surface area contributed by atoms with Gasteiger partial charge < -0.3 is 10.2 Å². The number of anilines is 1. The molecule has 28 heavy (non-hydrogen) atoms. The highest BCUT2D eigenvalue weighted by Gasteiger charge is 2.45. The second-order valence-electron chi connectivity index (χ2n) is 6.95. The zero-order chi connectivity index (χ0) is 19.7. The van der Waals surface area contributed by atoms with Crippen LogP contribution in [0.4, 0.5) is 5.69 Å². The summed E-state index contributed by atoms with van der Waals surface area (Å²) in [5.74, 6) is -0.522. The molecule has 0 saturated carbocycles. The fourth-order valence-electron chi connectivity index (χ4n) is 3.56. The summed E-state index contributed by atoms with van der Waals surface area (Å²) in [5.41, 5.74) is 4.69. The lowest BCUT2D eigenvalue weighted by atomic mass is 9.97. The third-order valence-electron chi connectivity index (χ3n) is 5.07. The Kier molecular flexibility index (Phi) is 5.28. The second kappa shape index (κ2) is 7.85. The number of rotatable bonds is 5. The third-order valence-corrected chi connectivity index (χ3v) is 6.95. The molecule has 0 spiro atoms. The average Bonchev–Trinajstić information content (AvgIpc) is 3.41. The fourth-order valence-corrected chi connectivity index (χ4v) is 5.16. The van der Waals surface area contributed by atoms with E-state index in [1.807, 2.05) is 55.6 Å². The molecule has 3 heterocycles. The van der Waals surface area contributed by atoms with Crippen LogP contribution in [-0.4, -0.2) is 16.8 Å². The molecule has 5 nitrogen and oxygen atoms in total. The highest BCUT2D eigenvalue weighted by atomic mass is 32.1. The molecule has 4 rings (SSSR count). The van der Waals surface area contributed by atoms with Gasteiger partial charge >= 0.3 is 0 Å². The molecule has 0 aliphatic carbocycles. The number of hydrogen-bond donors (Lipinski definition) is 1. The van der Waals surface area contributed by atoms with Gasteiger partial charge in [0.25, 0.3) is 0 Å². The van der Waals surface area contributed by atoms with Crippen LogP contribution in [0.5, 0.6) is 0 Å². The molecule has 0 radical (unpaired) electrons. The van der Waals surface area contributed by atoms with Crippen molar-refractivity contribution in [1.82, 2.24) is 10.3 Å². The molecule has 1 fully saturated rings. The first kappa shape index (κ1) is 18.8. The Morgan fingerprint density at radius 2 is 2.00 bits per heavy atom. The van der Waals surface area contributed by atoms with Crippen LogP contribution in [0.2, 0.25) is 0 Å². The summed E-state index contributed by atoms with van der Waals surface area (Å²) < 4.78 is 0. The lowest BCUT2D eigenvalue weighted by Crippen LogP contribution is -2.35. The average molecular weight is 412 g/mol. The van der Waals surface area contributed by atoms with E-state index in [-0.39, 0.29) is 24.3 Å². The fraction of sp³-hybridized carbons (Fsp3) is 0.286. The minimum atomic E-state index is -0.416. The number of nitrogens with one attached hydrogen (secondary N) is 1. The first-order valence-electron chi connectivity index (χ1n) is 9.13. The molecule has 1 N–H and O–H groups in total. The zero-order valence-corrected chi connectivity index (χ0v) is 17.3. The highest BCUT2D eigenvalue weighted by molar-refractivity contribution is 7.10. The number of carbonyl (C=O) groups excluding carboxylic acids is 2. The summed E-state index contributed by atoms with van der Waals surface area (Å²) >= 11 is 3.11. The molecule has 2 atom stereocenters. The molecule has 7 heteroatoms. The summed E-state index contributed by atoms with van der Waals surface area (Å²) in [6.45, 7) is 4.40. The Labute approximate surface area is 172 Å². The van der Waals surface area contributed by atoms with Gasteiger partial charge in [-0.15, -0.1) is 22.7 Å². The van der Waals surface area contributed by atoms with Crippen LogP contribution >= 0.6 is 22.7 Å². The number of nitrogens with zero attached hydrogens (tertiary/aromatic N) is 2. The van der Waals surface area contributed by atoms with Crippen LogP contribution in [-0.2, 0) is 16.1 Å². The summed E-state index contributed by atoms with van der Waals surface area (Å²) in [7, 11) is 0. The maximum absolute atomic E-state index is 13.0. The Hall–Kier alpha value is -2.51. The maximum atomic E-state index is 13.0. The van der Waals surface area contributed by atoms with Crippen molar-refractivity contribution < 1.29 is 9.59 Å². The van der Waals surface area contributed by atoms with Crippen LogP contribution in [0.3, 0.4) is 0 Å². The molecule has 3 aromatic rings. The molecular formula is C21H21N3O2S2. The van der Waals surface area contributed by atoms with Gasteiger partial charge in [0.05, 0.1) is 29.7 Å². The number of aromatic nitrogens is 1. The van der Waals surface area contributed by atoms with Crippen LogP contribution in [0.1, 0.15) is 33.5 Å². The molecule has 1 saturated heterocycles. The summed E-state index contributed by atoms with van der Waals surface area (Å²) in [6, 6.07) is 11.6. The van der Waals surface area contributed by atoms with E-state index in [9.17, 15) is 9.59 Å². The van der Waals surface area contributed by atoms with E-state index < -0.39 is 5.92 Å². The first-order chi connectivity index (χ1) is 13.5. The van der Waals surface area contributed by atoms with Gasteiger partial charge in [-0.3, -0.25) is 9.59 Å². The van der Waals surface area contributed by atoms with Crippen molar-refractivity contribution in [3.63, 3.8) is 0 Å². The Morgan fingerprint density at radius 3 is 2.64 bits per heavy atom. The second-order valence-corrected chi connectivity index (χ2v) is 8.87. The quantitative estimate of drug-likeness (QED) is 0.683. The Balaban J connectivity index is 1.61. The molecule has 144 valence electrons. The third kappa shape index (κ3) is 3.59. The van der Waals surface area contributed by atoms with Crippen molar-refractivity contribution in [1.29, 1.82) is 0 Å². The van der Waals surface area contributed by atoms with Crippen molar-refractivity contribution in [3.05, 3.63) is 68.3 Å². The molecule has 1 aliphatic heterocycles. The summed E-state index contributed by atoms with van der Waals surface area (Å²) in [5, 5.41) is 5.01. The van der Waals surface area contributed by atoms with Gasteiger partial charge in [-0.05, 0) is 37.4 Å². The Morgan fingerprint density at radius 1 is 1.21 bits per heavy atom. The molecule has 2 aromatic heterocycles. The number of amides is 2. The zero-order valence-electron chi connectivity index (χ0n) is 15.7. The summed E-state index contributed by atoms with van der Waals surface area (Å²) in [4.78, 5) is 34.0. The summed E-state index contributed by atoms with van der Waals surface area (Å²) in [6.07, 6.45) is 0.212. The minimum Gasteiger partial charge on any atom is -0.351 e. The number of thiazole rings is 1.